The average Bonchev–Trinajstić information content (AvgIpc) is 3.01. The van der Waals surface area contributed by atoms with Gasteiger partial charge in [0.15, 0.2) is 0 Å². The number of nitrogens with one attached hydrogen (secondary N) is 1. The van der Waals surface area contributed by atoms with E-state index in [0.29, 0.717) is 24.1 Å². The SMILES string of the molecule is CC1Cc2cc3n(c2-c2ccccc21)CCNC3C.O=C(O)/C=C/C(=O)O. The third-order valence-corrected chi connectivity index (χ3v) is 5.08. The number of fused-ring (bicyclic) bond motifs is 5. The van der Waals surface area contributed by atoms with Crippen molar-refractivity contribution < 1.29 is 19.8 Å². The molecule has 1 aliphatic carbocycles. The van der Waals surface area contributed by atoms with Crippen LogP contribution in [0.2, 0.25) is 0 Å². The summed E-state index contributed by atoms with van der Waals surface area (Å²) in [5.41, 5.74) is 7.45. The topological polar surface area (TPSA) is 91.6 Å². The van der Waals surface area contributed by atoms with Crippen molar-refractivity contribution in [1.82, 2.24) is 9.88 Å². The quantitative estimate of drug-likeness (QED) is 0.708. The fourth-order valence-electron chi connectivity index (χ4n) is 3.92. The molecule has 2 unspecified atom stereocenters. The van der Waals surface area contributed by atoms with Gasteiger partial charge >= 0.3 is 11.9 Å². The van der Waals surface area contributed by atoms with Gasteiger partial charge in [0, 0.05) is 42.5 Å². The van der Waals surface area contributed by atoms with Crippen LogP contribution in [0.25, 0.3) is 11.3 Å². The summed E-state index contributed by atoms with van der Waals surface area (Å²) in [6.45, 7) is 6.79. The molecule has 27 heavy (non-hydrogen) atoms. The molecule has 4 rings (SSSR count). The number of carbonyl (C=O) groups is 2. The number of carboxylic acid groups (broad SMARTS) is 2. The van der Waals surface area contributed by atoms with Crippen molar-refractivity contribution >= 4 is 11.9 Å². The molecule has 6 nitrogen and oxygen atoms in total. The zero-order valence-corrected chi connectivity index (χ0v) is 15.5. The lowest BCUT2D eigenvalue weighted by molar-refractivity contribution is -0.134. The Morgan fingerprint density at radius 1 is 1.15 bits per heavy atom. The van der Waals surface area contributed by atoms with E-state index in [1.807, 2.05) is 0 Å². The summed E-state index contributed by atoms with van der Waals surface area (Å²) in [6.07, 6.45) is 2.30. The van der Waals surface area contributed by atoms with Gasteiger partial charge in [-0.15, -0.1) is 0 Å². The molecule has 3 N–H and O–H groups in total. The molecule has 0 amide bonds. The Bertz CT molecular complexity index is 882. The van der Waals surface area contributed by atoms with E-state index in [-0.39, 0.29) is 0 Å². The first-order valence-electron chi connectivity index (χ1n) is 9.07. The Morgan fingerprint density at radius 3 is 2.48 bits per heavy atom. The molecule has 142 valence electrons. The predicted octanol–water partition coefficient (Wildman–Crippen LogP) is 3.19. The molecule has 0 saturated carbocycles. The molecule has 1 aromatic heterocycles. The second-order valence-electron chi connectivity index (χ2n) is 6.97. The van der Waals surface area contributed by atoms with Crippen LogP contribution in [0.1, 0.15) is 42.6 Å². The van der Waals surface area contributed by atoms with Crippen LogP contribution in [0.4, 0.5) is 0 Å². The summed E-state index contributed by atoms with van der Waals surface area (Å²) < 4.78 is 2.54. The van der Waals surface area contributed by atoms with E-state index < -0.39 is 11.9 Å². The molecule has 0 spiro atoms. The maximum absolute atomic E-state index is 9.55. The average molecular weight is 368 g/mol. The van der Waals surface area contributed by atoms with Gasteiger partial charge < -0.3 is 20.1 Å². The fraction of sp³-hybridized carbons (Fsp3) is 0.333. The van der Waals surface area contributed by atoms with Crippen molar-refractivity contribution in [3.05, 3.63) is 59.3 Å². The first kappa shape index (κ1) is 18.9. The molecule has 2 aliphatic rings. The van der Waals surface area contributed by atoms with E-state index in [2.05, 4.69) is 54.1 Å². The van der Waals surface area contributed by atoms with Crippen LogP contribution in [0.3, 0.4) is 0 Å². The summed E-state index contributed by atoms with van der Waals surface area (Å²) in [5.74, 6) is -1.88. The highest BCUT2D eigenvalue weighted by atomic mass is 16.4. The molecule has 0 fully saturated rings. The van der Waals surface area contributed by atoms with Crippen molar-refractivity contribution in [3.8, 4) is 11.3 Å². The number of aliphatic carboxylic acids is 2. The molecule has 2 heterocycles. The van der Waals surface area contributed by atoms with Crippen LogP contribution in [-0.4, -0.2) is 33.3 Å². The predicted molar refractivity (Wildman–Crippen MR) is 103 cm³/mol. The molecule has 1 aliphatic heterocycles. The second kappa shape index (κ2) is 7.80. The first-order chi connectivity index (χ1) is 12.9. The minimum atomic E-state index is -1.26. The Balaban J connectivity index is 0.000000226. The maximum atomic E-state index is 9.55. The molecule has 6 heteroatoms. The highest BCUT2D eigenvalue weighted by molar-refractivity contribution is 5.89. The first-order valence-corrected chi connectivity index (χ1v) is 9.07. The van der Waals surface area contributed by atoms with Crippen molar-refractivity contribution in [1.29, 1.82) is 0 Å². The van der Waals surface area contributed by atoms with Crippen LogP contribution in [0, 0.1) is 0 Å². The fourth-order valence-corrected chi connectivity index (χ4v) is 3.92. The van der Waals surface area contributed by atoms with Crippen molar-refractivity contribution in [2.45, 2.75) is 38.8 Å². The largest absolute Gasteiger partial charge is 0.478 e. The van der Waals surface area contributed by atoms with Crippen LogP contribution >= 0.6 is 0 Å². The molecule has 1 aromatic carbocycles. The van der Waals surface area contributed by atoms with Gasteiger partial charge in [0.2, 0.25) is 0 Å². The summed E-state index contributed by atoms with van der Waals surface area (Å²) in [4.78, 5) is 19.1. The van der Waals surface area contributed by atoms with E-state index in [1.54, 1.807) is 0 Å². The van der Waals surface area contributed by atoms with Gasteiger partial charge in [-0.1, -0.05) is 31.2 Å². The Kier molecular flexibility index (Phi) is 5.46. The summed E-state index contributed by atoms with van der Waals surface area (Å²) in [7, 11) is 0. The van der Waals surface area contributed by atoms with E-state index in [9.17, 15) is 9.59 Å². The molecular weight excluding hydrogens is 344 g/mol. The van der Waals surface area contributed by atoms with E-state index in [0.717, 1.165) is 13.1 Å². The van der Waals surface area contributed by atoms with Crippen molar-refractivity contribution in [2.24, 2.45) is 0 Å². The highest BCUT2D eigenvalue weighted by Crippen LogP contribution is 2.42. The summed E-state index contributed by atoms with van der Waals surface area (Å²) >= 11 is 0. The number of hydrogen-bond acceptors (Lipinski definition) is 3. The van der Waals surface area contributed by atoms with E-state index in [4.69, 9.17) is 10.2 Å². The zero-order chi connectivity index (χ0) is 19.6. The van der Waals surface area contributed by atoms with Gasteiger partial charge in [0.25, 0.3) is 0 Å². The third-order valence-electron chi connectivity index (χ3n) is 5.08. The second-order valence-corrected chi connectivity index (χ2v) is 6.97. The van der Waals surface area contributed by atoms with Crippen LogP contribution in [0.5, 0.6) is 0 Å². The molecule has 0 radical (unpaired) electrons. The molecule has 2 aromatic rings. The number of rotatable bonds is 2. The highest BCUT2D eigenvalue weighted by Gasteiger charge is 2.29. The Hall–Kier alpha value is -2.86. The standard InChI is InChI=1S/C17H20N2.C4H4O4/c1-11-9-13-10-16-12(2)18-7-8-19(16)17(13)15-6-4-3-5-14(11)15;5-3(6)1-2-4(7)8/h3-6,10-12,18H,7-9H2,1-2H3;1-2H,(H,5,6)(H,7,8)/b;2-1+. The number of hydrogen-bond donors (Lipinski definition) is 3. The maximum Gasteiger partial charge on any atom is 0.328 e. The molecule has 0 saturated heterocycles. The van der Waals surface area contributed by atoms with Gasteiger partial charge in [-0.05, 0) is 36.5 Å². The Morgan fingerprint density at radius 2 is 1.81 bits per heavy atom. The number of nitrogens with zero attached hydrogens (tertiary/aromatic N) is 1. The van der Waals surface area contributed by atoms with E-state index in [1.165, 1.54) is 34.5 Å². The van der Waals surface area contributed by atoms with Crippen LogP contribution in [0.15, 0.2) is 42.5 Å². The molecule has 0 bridgehead atoms. The lowest BCUT2D eigenvalue weighted by atomic mass is 9.83. The number of carboxylic acids is 2. The monoisotopic (exact) mass is 368 g/mol. The van der Waals surface area contributed by atoms with Gasteiger partial charge in [0.1, 0.15) is 0 Å². The Labute approximate surface area is 158 Å². The van der Waals surface area contributed by atoms with Crippen molar-refractivity contribution in [2.75, 3.05) is 6.54 Å². The van der Waals surface area contributed by atoms with Crippen molar-refractivity contribution in [3.63, 3.8) is 0 Å². The van der Waals surface area contributed by atoms with E-state index >= 15 is 0 Å². The molecule has 2 atom stereocenters. The summed E-state index contributed by atoms with van der Waals surface area (Å²) in [5, 5.41) is 19.2. The van der Waals surface area contributed by atoms with Crippen LogP contribution in [-0.2, 0) is 22.6 Å². The van der Waals surface area contributed by atoms with Gasteiger partial charge in [-0.3, -0.25) is 0 Å². The lowest BCUT2D eigenvalue weighted by Gasteiger charge is -2.28. The minimum absolute atomic E-state index is 0.474. The molecular formula is C21H24N2O4. The van der Waals surface area contributed by atoms with Gasteiger partial charge in [-0.2, -0.15) is 0 Å². The zero-order valence-electron chi connectivity index (χ0n) is 15.5. The number of aromatic nitrogens is 1. The minimum Gasteiger partial charge on any atom is -0.478 e. The third kappa shape index (κ3) is 3.95. The van der Waals surface area contributed by atoms with Crippen LogP contribution < -0.4 is 5.32 Å². The summed E-state index contributed by atoms with van der Waals surface area (Å²) in [6, 6.07) is 11.8. The lowest BCUT2D eigenvalue weighted by Crippen LogP contribution is -2.31. The number of benzene rings is 1. The van der Waals surface area contributed by atoms with Gasteiger partial charge in [0.05, 0.1) is 5.69 Å². The smallest absolute Gasteiger partial charge is 0.328 e. The normalized spacial score (nSPS) is 20.1. The van der Waals surface area contributed by atoms with Gasteiger partial charge in [-0.25, -0.2) is 9.59 Å².